The van der Waals surface area contributed by atoms with Gasteiger partial charge in [0.1, 0.15) is 0 Å². The number of rotatable bonds is 1. The average molecular weight is 274 g/mol. The zero-order valence-corrected chi connectivity index (χ0v) is 11.9. The highest BCUT2D eigenvalue weighted by atomic mass is 32.1. The van der Waals surface area contributed by atoms with Gasteiger partial charge in [-0.25, -0.2) is 4.98 Å². The van der Waals surface area contributed by atoms with Crippen molar-refractivity contribution in [2.75, 3.05) is 4.90 Å². The molecule has 2 fully saturated rings. The summed E-state index contributed by atoms with van der Waals surface area (Å²) in [6.07, 6.45) is 4.12. The second kappa shape index (κ2) is 4.18. The Morgan fingerprint density at radius 3 is 2.74 bits per heavy atom. The Kier molecular flexibility index (Phi) is 2.57. The van der Waals surface area contributed by atoms with Crippen molar-refractivity contribution in [1.29, 1.82) is 0 Å². The number of piperidine rings is 1. The van der Waals surface area contributed by atoms with Crippen molar-refractivity contribution in [3.05, 3.63) is 23.8 Å². The molecule has 19 heavy (non-hydrogen) atoms. The average Bonchev–Trinajstić information content (AvgIpc) is 2.88. The molecule has 1 N–H and O–H groups in total. The predicted octanol–water partition coefficient (Wildman–Crippen LogP) is 3.10. The predicted molar refractivity (Wildman–Crippen MR) is 78.9 cm³/mol. The van der Waals surface area contributed by atoms with Crippen LogP contribution in [0.3, 0.4) is 0 Å². The topological polar surface area (TPSA) is 36.4 Å². The van der Waals surface area contributed by atoms with Crippen LogP contribution in [0.4, 0.5) is 5.13 Å². The first-order valence-corrected chi connectivity index (χ1v) is 7.86. The van der Waals surface area contributed by atoms with Crippen LogP contribution in [-0.4, -0.2) is 28.3 Å². The van der Waals surface area contributed by atoms with Crippen LogP contribution in [0.5, 0.6) is 0 Å². The van der Waals surface area contributed by atoms with Gasteiger partial charge >= 0.3 is 0 Å². The van der Waals surface area contributed by atoms with Gasteiger partial charge in [0.2, 0.25) is 0 Å². The molecule has 100 valence electrons. The largest absolute Gasteiger partial charge is 0.393 e. The van der Waals surface area contributed by atoms with E-state index in [9.17, 15) is 5.11 Å². The molecule has 2 aromatic rings. The van der Waals surface area contributed by atoms with E-state index in [4.69, 9.17) is 4.98 Å². The zero-order chi connectivity index (χ0) is 13.0. The lowest BCUT2D eigenvalue weighted by atomic mass is 10.0. The third-order valence-corrected chi connectivity index (χ3v) is 5.49. The third-order valence-electron chi connectivity index (χ3n) is 4.46. The van der Waals surface area contributed by atoms with Crippen molar-refractivity contribution in [1.82, 2.24) is 4.98 Å². The van der Waals surface area contributed by atoms with E-state index in [0.29, 0.717) is 12.1 Å². The summed E-state index contributed by atoms with van der Waals surface area (Å²) < 4.78 is 1.28. The minimum Gasteiger partial charge on any atom is -0.393 e. The number of thiazole rings is 1. The molecular formula is C15H18N2OS. The first kappa shape index (κ1) is 11.7. The number of aliphatic hydroxyl groups is 1. The lowest BCUT2D eigenvalue weighted by Crippen LogP contribution is -2.44. The van der Waals surface area contributed by atoms with E-state index >= 15 is 0 Å². The molecule has 2 saturated heterocycles. The SMILES string of the molecule is Cc1ccc2nc(N3C4CCC3CC(O)C4)sc2c1. The van der Waals surface area contributed by atoms with Crippen LogP contribution in [0.2, 0.25) is 0 Å². The Balaban J connectivity index is 1.74. The number of benzene rings is 1. The third kappa shape index (κ3) is 1.85. The molecule has 2 aliphatic rings. The normalized spacial score (nSPS) is 30.2. The summed E-state index contributed by atoms with van der Waals surface area (Å²) in [5, 5.41) is 11.0. The Labute approximate surface area is 116 Å². The Morgan fingerprint density at radius 1 is 1.26 bits per heavy atom. The summed E-state index contributed by atoms with van der Waals surface area (Å²) in [4.78, 5) is 7.29. The van der Waals surface area contributed by atoms with Gasteiger partial charge in [0.05, 0.1) is 16.3 Å². The van der Waals surface area contributed by atoms with Crippen molar-refractivity contribution >= 4 is 26.7 Å². The number of hydrogen-bond acceptors (Lipinski definition) is 4. The summed E-state index contributed by atoms with van der Waals surface area (Å²) in [5.74, 6) is 0. The summed E-state index contributed by atoms with van der Waals surface area (Å²) >= 11 is 1.80. The van der Waals surface area contributed by atoms with Crippen LogP contribution in [0.25, 0.3) is 10.2 Å². The van der Waals surface area contributed by atoms with Crippen molar-refractivity contribution < 1.29 is 5.11 Å². The quantitative estimate of drug-likeness (QED) is 0.868. The number of anilines is 1. The molecule has 3 nitrogen and oxygen atoms in total. The fourth-order valence-electron chi connectivity index (χ4n) is 3.59. The fourth-order valence-corrected chi connectivity index (χ4v) is 4.80. The smallest absolute Gasteiger partial charge is 0.186 e. The Morgan fingerprint density at radius 2 is 2.00 bits per heavy atom. The first-order chi connectivity index (χ1) is 9.20. The number of aryl methyl sites for hydroxylation is 1. The summed E-state index contributed by atoms with van der Waals surface area (Å²) in [6, 6.07) is 7.45. The molecule has 1 aromatic carbocycles. The molecule has 1 aromatic heterocycles. The second-order valence-corrected chi connectivity index (χ2v) is 6.89. The molecular weight excluding hydrogens is 256 g/mol. The monoisotopic (exact) mass is 274 g/mol. The van der Waals surface area contributed by atoms with Gasteiger partial charge in [-0.15, -0.1) is 0 Å². The van der Waals surface area contributed by atoms with Gasteiger partial charge in [-0.2, -0.15) is 0 Å². The van der Waals surface area contributed by atoms with E-state index < -0.39 is 0 Å². The van der Waals surface area contributed by atoms with E-state index in [1.165, 1.54) is 23.1 Å². The number of aliphatic hydroxyl groups excluding tert-OH is 1. The van der Waals surface area contributed by atoms with Crippen LogP contribution in [-0.2, 0) is 0 Å². The summed E-state index contributed by atoms with van der Waals surface area (Å²) in [7, 11) is 0. The van der Waals surface area contributed by atoms with Crippen molar-refractivity contribution in [3.8, 4) is 0 Å². The molecule has 2 bridgehead atoms. The number of fused-ring (bicyclic) bond motifs is 3. The molecule has 0 aliphatic carbocycles. The standard InChI is InChI=1S/C15H18N2OS/c1-9-2-5-13-14(6-9)19-15(16-13)17-10-3-4-11(17)8-12(18)7-10/h2,5-6,10-12,18H,3-4,7-8H2,1H3. The maximum Gasteiger partial charge on any atom is 0.186 e. The summed E-state index contributed by atoms with van der Waals surface area (Å²) in [5.41, 5.74) is 2.40. The highest BCUT2D eigenvalue weighted by Crippen LogP contribution is 2.42. The maximum absolute atomic E-state index is 9.89. The van der Waals surface area contributed by atoms with E-state index in [1.807, 2.05) is 0 Å². The highest BCUT2D eigenvalue weighted by Gasteiger charge is 2.41. The Bertz CT molecular complexity index is 610. The lowest BCUT2D eigenvalue weighted by Gasteiger charge is -2.36. The molecule has 2 atom stereocenters. The molecule has 4 rings (SSSR count). The fraction of sp³-hybridized carbons (Fsp3) is 0.533. The molecule has 0 saturated carbocycles. The maximum atomic E-state index is 9.89. The van der Waals surface area contributed by atoms with E-state index in [1.54, 1.807) is 11.3 Å². The van der Waals surface area contributed by atoms with Crippen LogP contribution in [0, 0.1) is 6.92 Å². The van der Waals surface area contributed by atoms with E-state index in [2.05, 4.69) is 30.0 Å². The van der Waals surface area contributed by atoms with Gasteiger partial charge in [0, 0.05) is 12.1 Å². The highest BCUT2D eigenvalue weighted by molar-refractivity contribution is 7.22. The van der Waals surface area contributed by atoms with Gasteiger partial charge in [0.25, 0.3) is 0 Å². The van der Waals surface area contributed by atoms with Crippen molar-refractivity contribution in [2.24, 2.45) is 0 Å². The van der Waals surface area contributed by atoms with Crippen LogP contribution >= 0.6 is 11.3 Å². The number of aromatic nitrogens is 1. The number of nitrogens with zero attached hydrogens (tertiary/aromatic N) is 2. The van der Waals surface area contributed by atoms with Crippen LogP contribution in [0.15, 0.2) is 18.2 Å². The molecule has 2 unspecified atom stereocenters. The lowest BCUT2D eigenvalue weighted by molar-refractivity contribution is 0.126. The second-order valence-electron chi connectivity index (χ2n) is 5.89. The number of hydrogen-bond donors (Lipinski definition) is 1. The first-order valence-electron chi connectivity index (χ1n) is 7.04. The van der Waals surface area contributed by atoms with E-state index in [0.717, 1.165) is 23.5 Å². The minimum absolute atomic E-state index is 0.106. The van der Waals surface area contributed by atoms with Crippen LogP contribution < -0.4 is 4.90 Å². The Hall–Kier alpha value is -1.13. The molecule has 0 radical (unpaired) electrons. The van der Waals surface area contributed by atoms with E-state index in [-0.39, 0.29) is 6.10 Å². The van der Waals surface area contributed by atoms with Gasteiger partial charge < -0.3 is 10.0 Å². The molecule has 4 heteroatoms. The minimum atomic E-state index is -0.106. The zero-order valence-electron chi connectivity index (χ0n) is 11.0. The van der Waals surface area contributed by atoms with Gasteiger partial charge in [-0.1, -0.05) is 17.4 Å². The molecule has 3 heterocycles. The van der Waals surface area contributed by atoms with Gasteiger partial charge in [-0.05, 0) is 50.3 Å². The molecule has 2 aliphatic heterocycles. The molecule has 0 spiro atoms. The molecule has 0 amide bonds. The van der Waals surface area contributed by atoms with Gasteiger partial charge in [0.15, 0.2) is 5.13 Å². The van der Waals surface area contributed by atoms with Crippen LogP contribution in [0.1, 0.15) is 31.2 Å². The van der Waals surface area contributed by atoms with Gasteiger partial charge in [-0.3, -0.25) is 0 Å². The van der Waals surface area contributed by atoms with Crippen molar-refractivity contribution in [2.45, 2.75) is 50.8 Å². The van der Waals surface area contributed by atoms with Crippen molar-refractivity contribution in [3.63, 3.8) is 0 Å². The summed E-state index contributed by atoms with van der Waals surface area (Å²) in [6.45, 7) is 2.12.